The van der Waals surface area contributed by atoms with E-state index < -0.39 is 0 Å². The number of halogens is 1. The molecule has 2 aromatic carbocycles. The molecule has 0 heterocycles. The molecule has 0 spiro atoms. The van der Waals surface area contributed by atoms with Gasteiger partial charge in [-0.3, -0.25) is 10.1 Å². The minimum absolute atomic E-state index is 0.141. The van der Waals surface area contributed by atoms with Crippen LogP contribution in [0.25, 0.3) is 0 Å². The van der Waals surface area contributed by atoms with Crippen LogP contribution in [0, 0.1) is 13.7 Å². The van der Waals surface area contributed by atoms with E-state index in [0.29, 0.717) is 16.0 Å². The van der Waals surface area contributed by atoms with Gasteiger partial charge in [0, 0.05) is 18.3 Å². The van der Waals surface area contributed by atoms with Gasteiger partial charge in [-0.15, -0.1) is 0 Å². The quantitative estimate of drug-likeness (QED) is 0.443. The lowest BCUT2D eigenvalue weighted by atomic mass is 10.0. The molecule has 0 fully saturated rings. The lowest BCUT2D eigenvalue weighted by Crippen LogP contribution is -2.01. The van der Waals surface area contributed by atoms with Crippen molar-refractivity contribution in [2.45, 2.75) is 26.3 Å². The summed E-state index contributed by atoms with van der Waals surface area (Å²) in [7, 11) is 0. The Morgan fingerprint density at radius 2 is 1.86 bits per heavy atom. The van der Waals surface area contributed by atoms with Crippen LogP contribution in [0.1, 0.15) is 30.9 Å². The SMILES string of the molecule is CC(C)c1ccc(CNc2ccc([N+](=O)[O-])c(I)c2)cc1. The van der Waals surface area contributed by atoms with Crippen LogP contribution < -0.4 is 5.32 Å². The van der Waals surface area contributed by atoms with Crippen LogP contribution in [0.5, 0.6) is 0 Å². The van der Waals surface area contributed by atoms with E-state index in [9.17, 15) is 10.1 Å². The summed E-state index contributed by atoms with van der Waals surface area (Å²) >= 11 is 1.99. The Hall–Kier alpha value is -1.63. The standard InChI is InChI=1S/C16H17IN2O2/c1-11(2)13-5-3-12(4-6-13)10-18-14-7-8-16(19(20)21)15(17)9-14/h3-9,11,18H,10H2,1-2H3. The fourth-order valence-electron chi connectivity index (χ4n) is 1.99. The number of benzene rings is 2. The van der Waals surface area contributed by atoms with Crippen molar-refractivity contribution in [2.24, 2.45) is 0 Å². The number of rotatable bonds is 5. The third-order valence-electron chi connectivity index (χ3n) is 3.29. The van der Waals surface area contributed by atoms with Crippen LogP contribution in [0.2, 0.25) is 0 Å². The van der Waals surface area contributed by atoms with Crippen LogP contribution in [-0.2, 0) is 6.54 Å². The van der Waals surface area contributed by atoms with Crippen LogP contribution in [-0.4, -0.2) is 4.92 Å². The maximum Gasteiger partial charge on any atom is 0.282 e. The minimum Gasteiger partial charge on any atom is -0.381 e. The van der Waals surface area contributed by atoms with Gasteiger partial charge in [-0.1, -0.05) is 38.1 Å². The number of anilines is 1. The summed E-state index contributed by atoms with van der Waals surface area (Å²) in [6.07, 6.45) is 0. The molecule has 2 rings (SSSR count). The van der Waals surface area contributed by atoms with Gasteiger partial charge in [-0.2, -0.15) is 0 Å². The van der Waals surface area contributed by atoms with E-state index in [1.54, 1.807) is 12.1 Å². The molecule has 0 atom stereocenters. The molecule has 0 saturated carbocycles. The van der Waals surface area contributed by atoms with Gasteiger partial charge in [0.15, 0.2) is 0 Å². The zero-order valence-electron chi connectivity index (χ0n) is 12.0. The Balaban J connectivity index is 2.03. The third-order valence-corrected chi connectivity index (χ3v) is 4.15. The van der Waals surface area contributed by atoms with Gasteiger partial charge in [0.1, 0.15) is 0 Å². The topological polar surface area (TPSA) is 55.2 Å². The first-order chi connectivity index (χ1) is 9.97. The van der Waals surface area contributed by atoms with Crippen molar-refractivity contribution < 1.29 is 4.92 Å². The molecule has 0 saturated heterocycles. The van der Waals surface area contributed by atoms with Crippen LogP contribution in [0.15, 0.2) is 42.5 Å². The van der Waals surface area contributed by atoms with Crippen molar-refractivity contribution >= 4 is 34.0 Å². The maximum absolute atomic E-state index is 10.8. The van der Waals surface area contributed by atoms with E-state index in [0.717, 1.165) is 5.69 Å². The zero-order chi connectivity index (χ0) is 15.4. The first-order valence-corrected chi connectivity index (χ1v) is 7.82. The molecule has 0 aliphatic rings. The Labute approximate surface area is 137 Å². The Bertz CT molecular complexity index is 639. The molecule has 1 N–H and O–H groups in total. The van der Waals surface area contributed by atoms with Crippen LogP contribution >= 0.6 is 22.6 Å². The highest BCUT2D eigenvalue weighted by atomic mass is 127. The Kier molecular flexibility index (Phi) is 5.17. The number of hydrogen-bond donors (Lipinski definition) is 1. The second kappa shape index (κ2) is 6.89. The predicted molar refractivity (Wildman–Crippen MR) is 93.7 cm³/mol. The van der Waals surface area contributed by atoms with Crippen molar-refractivity contribution in [1.82, 2.24) is 0 Å². The number of hydrogen-bond acceptors (Lipinski definition) is 3. The van der Waals surface area contributed by atoms with Crippen molar-refractivity contribution in [3.05, 3.63) is 67.3 Å². The van der Waals surface area contributed by atoms with Crippen molar-refractivity contribution in [3.8, 4) is 0 Å². The predicted octanol–water partition coefficient (Wildman–Crippen LogP) is 4.93. The molecule has 5 heteroatoms. The summed E-state index contributed by atoms with van der Waals surface area (Å²) in [5.74, 6) is 0.531. The molecule has 110 valence electrons. The Morgan fingerprint density at radius 1 is 1.19 bits per heavy atom. The first kappa shape index (κ1) is 15.8. The lowest BCUT2D eigenvalue weighted by molar-refractivity contribution is -0.385. The summed E-state index contributed by atoms with van der Waals surface area (Å²) in [4.78, 5) is 10.4. The molecule has 0 radical (unpaired) electrons. The number of nitrogens with zero attached hydrogens (tertiary/aromatic N) is 1. The first-order valence-electron chi connectivity index (χ1n) is 6.74. The molecule has 0 bridgehead atoms. The molecule has 0 amide bonds. The highest BCUT2D eigenvalue weighted by molar-refractivity contribution is 14.1. The largest absolute Gasteiger partial charge is 0.381 e. The van der Waals surface area contributed by atoms with E-state index in [-0.39, 0.29) is 10.6 Å². The second-order valence-electron chi connectivity index (χ2n) is 5.17. The van der Waals surface area contributed by atoms with E-state index in [2.05, 4.69) is 43.4 Å². The van der Waals surface area contributed by atoms with Crippen LogP contribution in [0.4, 0.5) is 11.4 Å². The fraction of sp³-hybridized carbons (Fsp3) is 0.250. The molecule has 0 aliphatic carbocycles. The normalized spacial score (nSPS) is 10.7. The molecule has 0 unspecified atom stereocenters. The molecule has 21 heavy (non-hydrogen) atoms. The third kappa shape index (κ3) is 4.17. The van der Waals surface area contributed by atoms with Gasteiger partial charge < -0.3 is 5.32 Å². The van der Waals surface area contributed by atoms with Gasteiger partial charge in [-0.25, -0.2) is 0 Å². The number of nitro groups is 1. The molecule has 4 nitrogen and oxygen atoms in total. The van der Waals surface area contributed by atoms with Crippen molar-refractivity contribution in [2.75, 3.05) is 5.32 Å². The van der Waals surface area contributed by atoms with Crippen LogP contribution in [0.3, 0.4) is 0 Å². The highest BCUT2D eigenvalue weighted by Gasteiger charge is 2.11. The second-order valence-corrected chi connectivity index (χ2v) is 6.34. The van der Waals surface area contributed by atoms with E-state index in [1.807, 2.05) is 22.6 Å². The average molecular weight is 396 g/mol. The molecular formula is C16H17IN2O2. The summed E-state index contributed by atoms with van der Waals surface area (Å²) in [5, 5.41) is 14.1. The summed E-state index contributed by atoms with van der Waals surface area (Å²) in [6, 6.07) is 13.6. The number of nitrogens with one attached hydrogen (secondary N) is 1. The molecule has 0 aromatic heterocycles. The van der Waals surface area contributed by atoms with Crippen molar-refractivity contribution in [1.29, 1.82) is 0 Å². The fourth-order valence-corrected chi connectivity index (χ4v) is 2.70. The lowest BCUT2D eigenvalue weighted by Gasteiger charge is -2.09. The van der Waals surface area contributed by atoms with E-state index >= 15 is 0 Å². The average Bonchev–Trinajstić information content (AvgIpc) is 2.45. The maximum atomic E-state index is 10.8. The molecule has 2 aromatic rings. The Morgan fingerprint density at radius 3 is 2.38 bits per heavy atom. The van der Waals surface area contributed by atoms with Gasteiger partial charge in [0.2, 0.25) is 0 Å². The van der Waals surface area contributed by atoms with Gasteiger partial charge in [0.05, 0.1) is 8.49 Å². The smallest absolute Gasteiger partial charge is 0.282 e. The number of nitro benzene ring substituents is 1. The van der Waals surface area contributed by atoms with Gasteiger partial charge in [-0.05, 0) is 51.8 Å². The molecule has 0 aliphatic heterocycles. The van der Waals surface area contributed by atoms with Gasteiger partial charge in [0.25, 0.3) is 5.69 Å². The van der Waals surface area contributed by atoms with Crippen molar-refractivity contribution in [3.63, 3.8) is 0 Å². The zero-order valence-corrected chi connectivity index (χ0v) is 14.1. The minimum atomic E-state index is -0.365. The molecular weight excluding hydrogens is 379 g/mol. The van der Waals surface area contributed by atoms with E-state index in [4.69, 9.17) is 0 Å². The monoisotopic (exact) mass is 396 g/mol. The summed E-state index contributed by atoms with van der Waals surface area (Å²) < 4.78 is 0.637. The summed E-state index contributed by atoms with van der Waals surface area (Å²) in [6.45, 7) is 5.05. The summed E-state index contributed by atoms with van der Waals surface area (Å²) in [5.41, 5.74) is 3.54. The highest BCUT2D eigenvalue weighted by Crippen LogP contribution is 2.24. The van der Waals surface area contributed by atoms with E-state index in [1.165, 1.54) is 17.2 Å². The van der Waals surface area contributed by atoms with Gasteiger partial charge >= 0.3 is 0 Å².